The third kappa shape index (κ3) is 3.32. The highest BCUT2D eigenvalue weighted by molar-refractivity contribution is 7.10. The Hall–Kier alpha value is -0.870. The predicted molar refractivity (Wildman–Crippen MR) is 66.5 cm³/mol. The van der Waals surface area contributed by atoms with Gasteiger partial charge in [0.15, 0.2) is 0 Å². The molecule has 0 bridgehead atoms. The summed E-state index contributed by atoms with van der Waals surface area (Å²) >= 11 is 1.72. The van der Waals surface area contributed by atoms with Gasteiger partial charge in [0.1, 0.15) is 0 Å². The zero-order valence-corrected chi connectivity index (χ0v) is 11.1. The van der Waals surface area contributed by atoms with Gasteiger partial charge in [0, 0.05) is 17.5 Å². The molecule has 0 saturated heterocycles. The molecule has 1 heterocycles. The fraction of sp³-hybridized carbons (Fsp3) is 0.583. The monoisotopic (exact) mass is 241 g/mol. The summed E-state index contributed by atoms with van der Waals surface area (Å²) in [7, 11) is 1.42. The van der Waals surface area contributed by atoms with E-state index in [9.17, 15) is 4.79 Å². The third-order valence-corrected chi connectivity index (χ3v) is 3.61. The van der Waals surface area contributed by atoms with Crippen molar-refractivity contribution < 1.29 is 9.53 Å². The lowest BCUT2D eigenvalue weighted by atomic mass is 9.93. The Morgan fingerprint density at radius 3 is 2.81 bits per heavy atom. The molecule has 90 valence electrons. The number of methoxy groups -OCH3 is 1. The van der Waals surface area contributed by atoms with Crippen LogP contribution < -0.4 is 5.32 Å². The van der Waals surface area contributed by atoms with Crippen molar-refractivity contribution in [1.82, 2.24) is 5.32 Å². The van der Waals surface area contributed by atoms with Crippen LogP contribution in [0.15, 0.2) is 17.5 Å². The molecule has 1 N–H and O–H groups in total. The van der Waals surface area contributed by atoms with Gasteiger partial charge in [-0.1, -0.05) is 6.07 Å². The summed E-state index contributed by atoms with van der Waals surface area (Å²) in [6, 6.07) is 4.39. The zero-order valence-electron chi connectivity index (χ0n) is 10.2. The van der Waals surface area contributed by atoms with E-state index in [1.54, 1.807) is 11.3 Å². The average molecular weight is 241 g/mol. The molecule has 1 atom stereocenters. The topological polar surface area (TPSA) is 38.3 Å². The molecule has 0 radical (unpaired) electrons. The SMILES string of the molecule is COC(=O)C(C)(C)CNC(C)c1cccs1. The molecule has 16 heavy (non-hydrogen) atoms. The normalized spacial score (nSPS) is 13.5. The first-order valence-corrected chi connectivity index (χ1v) is 6.20. The molecule has 0 aliphatic heterocycles. The van der Waals surface area contributed by atoms with Crippen molar-refractivity contribution in [2.75, 3.05) is 13.7 Å². The maximum absolute atomic E-state index is 11.5. The van der Waals surface area contributed by atoms with Crippen LogP contribution in [-0.2, 0) is 9.53 Å². The number of thiophene rings is 1. The van der Waals surface area contributed by atoms with Crippen LogP contribution in [-0.4, -0.2) is 19.6 Å². The van der Waals surface area contributed by atoms with Crippen molar-refractivity contribution in [3.05, 3.63) is 22.4 Å². The Bertz CT molecular complexity index is 333. The van der Waals surface area contributed by atoms with E-state index in [1.165, 1.54) is 12.0 Å². The fourth-order valence-electron chi connectivity index (χ4n) is 1.39. The lowest BCUT2D eigenvalue weighted by Crippen LogP contribution is -2.37. The molecule has 1 aromatic heterocycles. The highest BCUT2D eigenvalue weighted by Gasteiger charge is 2.28. The number of rotatable bonds is 5. The molecule has 0 aliphatic carbocycles. The fourth-order valence-corrected chi connectivity index (χ4v) is 2.15. The molecule has 1 unspecified atom stereocenters. The quantitative estimate of drug-likeness (QED) is 0.805. The lowest BCUT2D eigenvalue weighted by Gasteiger charge is -2.24. The highest BCUT2D eigenvalue weighted by Crippen LogP contribution is 2.21. The van der Waals surface area contributed by atoms with Crippen LogP contribution in [0.1, 0.15) is 31.7 Å². The molecule has 0 aromatic carbocycles. The molecule has 0 spiro atoms. The number of carbonyl (C=O) groups excluding carboxylic acids is 1. The first-order valence-electron chi connectivity index (χ1n) is 5.32. The smallest absolute Gasteiger partial charge is 0.312 e. The first kappa shape index (κ1) is 13.2. The summed E-state index contributed by atoms with van der Waals surface area (Å²) < 4.78 is 4.76. The Kier molecular flexibility index (Phi) is 4.50. The van der Waals surface area contributed by atoms with Crippen LogP contribution in [0.4, 0.5) is 0 Å². The van der Waals surface area contributed by atoms with Crippen LogP contribution >= 0.6 is 11.3 Å². The standard InChI is InChI=1S/C12H19NO2S/c1-9(10-6-5-7-16-10)13-8-12(2,3)11(14)15-4/h5-7,9,13H,8H2,1-4H3. The molecule has 0 amide bonds. The number of ether oxygens (including phenoxy) is 1. The highest BCUT2D eigenvalue weighted by atomic mass is 32.1. The second-order valence-corrected chi connectivity index (χ2v) is 5.47. The van der Waals surface area contributed by atoms with Gasteiger partial charge in [0.2, 0.25) is 0 Å². The van der Waals surface area contributed by atoms with Crippen molar-refractivity contribution in [3.8, 4) is 0 Å². The maximum Gasteiger partial charge on any atom is 0.312 e. The average Bonchev–Trinajstić information content (AvgIpc) is 2.78. The van der Waals surface area contributed by atoms with Crippen molar-refractivity contribution in [2.45, 2.75) is 26.8 Å². The lowest BCUT2D eigenvalue weighted by molar-refractivity contribution is -0.150. The van der Waals surface area contributed by atoms with Crippen molar-refractivity contribution in [1.29, 1.82) is 0 Å². The van der Waals surface area contributed by atoms with Gasteiger partial charge in [-0.15, -0.1) is 11.3 Å². The largest absolute Gasteiger partial charge is 0.469 e. The van der Waals surface area contributed by atoms with Gasteiger partial charge in [-0.2, -0.15) is 0 Å². The second kappa shape index (κ2) is 5.46. The Morgan fingerprint density at radius 2 is 2.31 bits per heavy atom. The molecule has 0 fully saturated rings. The molecule has 1 rings (SSSR count). The number of hydrogen-bond acceptors (Lipinski definition) is 4. The van der Waals surface area contributed by atoms with Crippen molar-refractivity contribution in [3.63, 3.8) is 0 Å². The van der Waals surface area contributed by atoms with Gasteiger partial charge in [0.25, 0.3) is 0 Å². The van der Waals surface area contributed by atoms with E-state index >= 15 is 0 Å². The van der Waals surface area contributed by atoms with E-state index in [-0.39, 0.29) is 12.0 Å². The number of nitrogens with one attached hydrogen (secondary N) is 1. The number of hydrogen-bond donors (Lipinski definition) is 1. The summed E-state index contributed by atoms with van der Waals surface area (Å²) in [6.45, 7) is 6.47. The summed E-state index contributed by atoms with van der Waals surface area (Å²) in [4.78, 5) is 12.8. The molecular weight excluding hydrogens is 222 g/mol. The third-order valence-electron chi connectivity index (χ3n) is 2.56. The van der Waals surface area contributed by atoms with Gasteiger partial charge < -0.3 is 10.1 Å². The van der Waals surface area contributed by atoms with Crippen LogP contribution in [0.5, 0.6) is 0 Å². The van der Waals surface area contributed by atoms with Crippen LogP contribution in [0, 0.1) is 5.41 Å². The molecule has 4 heteroatoms. The molecule has 0 aliphatic rings. The minimum Gasteiger partial charge on any atom is -0.469 e. The van der Waals surface area contributed by atoms with Gasteiger partial charge in [-0.3, -0.25) is 4.79 Å². The summed E-state index contributed by atoms with van der Waals surface area (Å²) in [5, 5.41) is 5.40. The minimum absolute atomic E-state index is 0.182. The van der Waals surface area contributed by atoms with E-state index in [1.807, 2.05) is 19.9 Å². The predicted octanol–water partition coefficient (Wildman–Crippen LogP) is 2.60. The van der Waals surface area contributed by atoms with Crippen molar-refractivity contribution >= 4 is 17.3 Å². The minimum atomic E-state index is -0.486. The molecule has 3 nitrogen and oxygen atoms in total. The molecule has 0 saturated carbocycles. The second-order valence-electron chi connectivity index (χ2n) is 4.49. The molecular formula is C12H19NO2S. The van der Waals surface area contributed by atoms with Gasteiger partial charge >= 0.3 is 5.97 Å². The van der Waals surface area contributed by atoms with Crippen LogP contribution in [0.2, 0.25) is 0 Å². The zero-order chi connectivity index (χ0) is 12.2. The summed E-state index contributed by atoms with van der Waals surface area (Å²) in [6.07, 6.45) is 0. The van der Waals surface area contributed by atoms with Gasteiger partial charge in [-0.25, -0.2) is 0 Å². The number of esters is 1. The summed E-state index contributed by atoms with van der Waals surface area (Å²) in [5.74, 6) is -0.182. The van der Waals surface area contributed by atoms with E-state index < -0.39 is 5.41 Å². The summed E-state index contributed by atoms with van der Waals surface area (Å²) in [5.41, 5.74) is -0.486. The Balaban J connectivity index is 2.48. The Labute approximate surface area is 101 Å². The van der Waals surface area contributed by atoms with Gasteiger partial charge in [0.05, 0.1) is 12.5 Å². The van der Waals surface area contributed by atoms with E-state index in [0.29, 0.717) is 6.54 Å². The van der Waals surface area contributed by atoms with E-state index in [0.717, 1.165) is 0 Å². The first-order chi connectivity index (χ1) is 7.47. The van der Waals surface area contributed by atoms with Crippen LogP contribution in [0.3, 0.4) is 0 Å². The van der Waals surface area contributed by atoms with Gasteiger partial charge in [-0.05, 0) is 32.2 Å². The van der Waals surface area contributed by atoms with Crippen molar-refractivity contribution in [2.24, 2.45) is 5.41 Å². The molecule has 1 aromatic rings. The number of carbonyl (C=O) groups is 1. The van der Waals surface area contributed by atoms with E-state index in [2.05, 4.69) is 23.7 Å². The maximum atomic E-state index is 11.5. The van der Waals surface area contributed by atoms with E-state index in [4.69, 9.17) is 4.74 Å². The van der Waals surface area contributed by atoms with Crippen LogP contribution in [0.25, 0.3) is 0 Å². The Morgan fingerprint density at radius 1 is 1.62 bits per heavy atom.